The van der Waals surface area contributed by atoms with E-state index in [9.17, 15) is 4.79 Å². The van der Waals surface area contributed by atoms with Gasteiger partial charge in [-0.2, -0.15) is 0 Å². The number of thioether (sulfide) groups is 1. The summed E-state index contributed by atoms with van der Waals surface area (Å²) in [6.07, 6.45) is 1.93. The quantitative estimate of drug-likeness (QED) is 0.800. The van der Waals surface area contributed by atoms with Crippen molar-refractivity contribution in [2.45, 2.75) is 11.7 Å². The van der Waals surface area contributed by atoms with Crippen molar-refractivity contribution in [2.75, 3.05) is 11.6 Å². The molecule has 14 heavy (non-hydrogen) atoms. The third-order valence-corrected chi connectivity index (χ3v) is 4.04. The van der Waals surface area contributed by atoms with Gasteiger partial charge >= 0.3 is 0 Å². The number of halogens is 1. The summed E-state index contributed by atoms with van der Waals surface area (Å²) < 4.78 is -0.472. The Morgan fingerprint density at radius 1 is 1.50 bits per heavy atom. The number of anilines is 1. The van der Waals surface area contributed by atoms with Crippen LogP contribution in [0.4, 0.5) is 5.69 Å². The van der Waals surface area contributed by atoms with Crippen molar-refractivity contribution in [3.63, 3.8) is 0 Å². The standard InChI is InChI=1S/C10H10ClNOS/c1-10(14-2)7-4-3-6(11)5-8(7)12-9(10)13/h3-5H,1-2H3,(H,12,13). The third-order valence-electron chi connectivity index (χ3n) is 2.59. The van der Waals surface area contributed by atoms with E-state index in [0.717, 1.165) is 11.3 Å². The maximum atomic E-state index is 11.7. The predicted molar refractivity (Wildman–Crippen MR) is 60.9 cm³/mol. The summed E-state index contributed by atoms with van der Waals surface area (Å²) in [5.41, 5.74) is 1.85. The van der Waals surface area contributed by atoms with Gasteiger partial charge < -0.3 is 5.32 Å². The topological polar surface area (TPSA) is 29.1 Å². The molecule has 1 amide bonds. The molecule has 1 N–H and O–H groups in total. The largest absolute Gasteiger partial charge is 0.324 e. The van der Waals surface area contributed by atoms with Crippen LogP contribution in [0.3, 0.4) is 0 Å². The summed E-state index contributed by atoms with van der Waals surface area (Å²) in [6.45, 7) is 1.92. The van der Waals surface area contributed by atoms with Crippen molar-refractivity contribution in [1.29, 1.82) is 0 Å². The van der Waals surface area contributed by atoms with Crippen LogP contribution < -0.4 is 5.32 Å². The summed E-state index contributed by atoms with van der Waals surface area (Å²) in [5, 5.41) is 3.48. The van der Waals surface area contributed by atoms with E-state index < -0.39 is 4.75 Å². The number of nitrogens with one attached hydrogen (secondary N) is 1. The molecular weight excluding hydrogens is 218 g/mol. The van der Waals surface area contributed by atoms with Crippen molar-refractivity contribution < 1.29 is 4.79 Å². The highest BCUT2D eigenvalue weighted by Crippen LogP contribution is 2.45. The van der Waals surface area contributed by atoms with Gasteiger partial charge in [-0.1, -0.05) is 17.7 Å². The molecule has 1 heterocycles. The van der Waals surface area contributed by atoms with Crippen LogP contribution in [-0.4, -0.2) is 12.2 Å². The molecule has 2 rings (SSSR count). The average Bonchev–Trinajstić information content (AvgIpc) is 2.39. The average molecular weight is 228 g/mol. The van der Waals surface area contributed by atoms with Gasteiger partial charge in [-0.05, 0) is 25.3 Å². The van der Waals surface area contributed by atoms with E-state index >= 15 is 0 Å². The Labute approximate surface area is 92.0 Å². The van der Waals surface area contributed by atoms with E-state index in [1.54, 1.807) is 6.07 Å². The van der Waals surface area contributed by atoms with Crippen LogP contribution in [-0.2, 0) is 9.54 Å². The Hall–Kier alpha value is -0.670. The zero-order valence-electron chi connectivity index (χ0n) is 7.93. The molecule has 0 saturated heterocycles. The Bertz CT molecular complexity index is 407. The Kier molecular flexibility index (Phi) is 2.24. The van der Waals surface area contributed by atoms with Crippen molar-refractivity contribution in [1.82, 2.24) is 0 Å². The molecule has 74 valence electrons. The fourth-order valence-corrected chi connectivity index (χ4v) is 2.41. The molecule has 0 aliphatic carbocycles. The number of fused-ring (bicyclic) bond motifs is 1. The maximum Gasteiger partial charge on any atom is 0.244 e. The van der Waals surface area contributed by atoms with E-state index in [4.69, 9.17) is 11.6 Å². The summed E-state index contributed by atoms with van der Waals surface area (Å²) >= 11 is 7.39. The van der Waals surface area contributed by atoms with Gasteiger partial charge in [0.2, 0.25) is 5.91 Å². The Balaban J connectivity index is 2.59. The highest BCUT2D eigenvalue weighted by atomic mass is 35.5. The van der Waals surface area contributed by atoms with E-state index in [0.29, 0.717) is 5.02 Å². The number of rotatable bonds is 1. The number of carbonyl (C=O) groups excluding carboxylic acids is 1. The third kappa shape index (κ3) is 1.23. The van der Waals surface area contributed by atoms with Crippen LogP contribution in [0.5, 0.6) is 0 Å². The molecule has 1 aromatic rings. The lowest BCUT2D eigenvalue weighted by Crippen LogP contribution is -2.26. The molecule has 4 heteroatoms. The molecule has 0 aromatic heterocycles. The lowest BCUT2D eigenvalue weighted by atomic mass is 10.0. The highest BCUT2D eigenvalue weighted by molar-refractivity contribution is 8.00. The van der Waals surface area contributed by atoms with Crippen LogP contribution in [0.1, 0.15) is 12.5 Å². The molecule has 1 aromatic carbocycles. The number of carbonyl (C=O) groups is 1. The Morgan fingerprint density at radius 2 is 2.21 bits per heavy atom. The first-order valence-corrected chi connectivity index (χ1v) is 5.85. The zero-order chi connectivity index (χ0) is 10.3. The molecule has 0 saturated carbocycles. The first-order chi connectivity index (χ1) is 6.58. The van der Waals surface area contributed by atoms with Crippen molar-refractivity contribution in [3.05, 3.63) is 28.8 Å². The van der Waals surface area contributed by atoms with E-state index in [1.165, 1.54) is 11.8 Å². The van der Waals surface area contributed by atoms with Crippen LogP contribution in [0.25, 0.3) is 0 Å². The summed E-state index contributed by atoms with van der Waals surface area (Å²) in [6, 6.07) is 5.51. The van der Waals surface area contributed by atoms with Crippen LogP contribution >= 0.6 is 23.4 Å². The van der Waals surface area contributed by atoms with Crippen LogP contribution in [0.2, 0.25) is 5.02 Å². The Morgan fingerprint density at radius 3 is 2.86 bits per heavy atom. The highest BCUT2D eigenvalue weighted by Gasteiger charge is 2.41. The monoisotopic (exact) mass is 227 g/mol. The minimum atomic E-state index is -0.472. The van der Waals surface area contributed by atoms with E-state index in [1.807, 2.05) is 25.3 Å². The molecule has 1 unspecified atom stereocenters. The SMILES string of the molecule is CSC1(C)C(=O)Nc2cc(Cl)ccc21. The number of amides is 1. The molecule has 0 bridgehead atoms. The second-order valence-electron chi connectivity index (χ2n) is 3.38. The summed E-state index contributed by atoms with van der Waals surface area (Å²) in [5.74, 6) is 0.0299. The lowest BCUT2D eigenvalue weighted by molar-refractivity contribution is -0.117. The fraction of sp³-hybridized carbons (Fsp3) is 0.300. The normalized spacial score (nSPS) is 24.6. The van der Waals surface area contributed by atoms with Gasteiger partial charge in [0.25, 0.3) is 0 Å². The molecule has 0 radical (unpaired) electrons. The molecule has 2 nitrogen and oxygen atoms in total. The van der Waals surface area contributed by atoms with Crippen molar-refractivity contribution in [2.24, 2.45) is 0 Å². The molecule has 1 aliphatic heterocycles. The number of benzene rings is 1. The minimum Gasteiger partial charge on any atom is -0.324 e. The van der Waals surface area contributed by atoms with Gasteiger partial charge in [-0.25, -0.2) is 0 Å². The van der Waals surface area contributed by atoms with Crippen molar-refractivity contribution in [3.8, 4) is 0 Å². The molecule has 1 aliphatic rings. The van der Waals surface area contributed by atoms with Gasteiger partial charge in [0.05, 0.1) is 0 Å². The molecule has 0 fully saturated rings. The first-order valence-electron chi connectivity index (χ1n) is 4.24. The summed E-state index contributed by atoms with van der Waals surface area (Å²) in [7, 11) is 0. The van der Waals surface area contributed by atoms with Gasteiger partial charge in [-0.3, -0.25) is 4.79 Å². The van der Waals surface area contributed by atoms with Crippen molar-refractivity contribution >= 4 is 35.0 Å². The molecule has 0 spiro atoms. The first kappa shape index (κ1) is 9.87. The van der Waals surface area contributed by atoms with Gasteiger partial charge in [0, 0.05) is 16.3 Å². The smallest absolute Gasteiger partial charge is 0.244 e. The predicted octanol–water partition coefficient (Wildman–Crippen LogP) is 2.87. The second-order valence-corrected chi connectivity index (χ2v) is 5.04. The fourth-order valence-electron chi connectivity index (χ4n) is 1.60. The molecular formula is C10H10ClNOS. The lowest BCUT2D eigenvalue weighted by Gasteiger charge is -2.18. The van der Waals surface area contributed by atoms with Gasteiger partial charge in [0.15, 0.2) is 0 Å². The number of hydrogen-bond acceptors (Lipinski definition) is 2. The maximum absolute atomic E-state index is 11.7. The van der Waals surface area contributed by atoms with Crippen LogP contribution in [0, 0.1) is 0 Å². The second kappa shape index (κ2) is 3.17. The van der Waals surface area contributed by atoms with Gasteiger partial charge in [-0.15, -0.1) is 11.8 Å². The number of hydrogen-bond donors (Lipinski definition) is 1. The molecule has 1 atom stereocenters. The summed E-state index contributed by atoms with van der Waals surface area (Å²) in [4.78, 5) is 11.7. The minimum absolute atomic E-state index is 0.0299. The van der Waals surface area contributed by atoms with E-state index in [-0.39, 0.29) is 5.91 Å². The van der Waals surface area contributed by atoms with Crippen LogP contribution in [0.15, 0.2) is 18.2 Å². The van der Waals surface area contributed by atoms with Gasteiger partial charge in [0.1, 0.15) is 4.75 Å². The van der Waals surface area contributed by atoms with E-state index in [2.05, 4.69) is 5.32 Å². The zero-order valence-corrected chi connectivity index (χ0v) is 9.50.